The number of para-hydroxylation sites is 1. The summed E-state index contributed by atoms with van der Waals surface area (Å²) in [6, 6.07) is 24.2. The highest BCUT2D eigenvalue weighted by Crippen LogP contribution is 2.51. The molecule has 1 aliphatic carbocycles. The third-order valence-electron chi connectivity index (χ3n) is 7.74. The molecule has 0 aromatic heterocycles. The van der Waals surface area contributed by atoms with Gasteiger partial charge in [-0.1, -0.05) is 80.1 Å². The summed E-state index contributed by atoms with van der Waals surface area (Å²) in [5.74, 6) is 0.584. The number of primary amides is 1. The molecule has 5 rings (SSSR count). The second kappa shape index (κ2) is 15.6. The van der Waals surface area contributed by atoms with Gasteiger partial charge in [0, 0.05) is 18.2 Å². The Hall–Kier alpha value is -3.78. The van der Waals surface area contributed by atoms with E-state index in [2.05, 4.69) is 35.7 Å². The molecular weight excluding hydrogens is 551 g/mol. The number of nitrogens with two attached hydrogens (primary N) is 2. The molecule has 0 unspecified atom stereocenters. The van der Waals surface area contributed by atoms with Crippen LogP contribution in [0.15, 0.2) is 79.4 Å². The van der Waals surface area contributed by atoms with Gasteiger partial charge in [-0.2, -0.15) is 13.2 Å². The lowest BCUT2D eigenvalue weighted by Gasteiger charge is -2.30. The number of hydrogen-bond donors (Lipinski definition) is 2. The molecule has 0 saturated carbocycles. The van der Waals surface area contributed by atoms with Crippen LogP contribution in [0, 0.1) is 0 Å². The second-order valence-corrected chi connectivity index (χ2v) is 11.0. The van der Waals surface area contributed by atoms with Crippen LogP contribution in [-0.4, -0.2) is 43.2 Å². The van der Waals surface area contributed by atoms with Gasteiger partial charge in [0.15, 0.2) is 0 Å². The number of benzene rings is 3. The van der Waals surface area contributed by atoms with Crippen molar-refractivity contribution in [2.75, 3.05) is 26.2 Å². The van der Waals surface area contributed by atoms with E-state index in [1.54, 1.807) is 0 Å². The average molecular weight is 596 g/mol. The molecule has 4 N–H and O–H groups in total. The molecule has 1 heterocycles. The number of rotatable bonds is 9. The van der Waals surface area contributed by atoms with Crippen LogP contribution in [0.2, 0.25) is 0 Å². The van der Waals surface area contributed by atoms with E-state index in [9.17, 15) is 18.0 Å². The van der Waals surface area contributed by atoms with Gasteiger partial charge in [-0.15, -0.1) is 0 Å². The molecule has 232 valence electrons. The van der Waals surface area contributed by atoms with Gasteiger partial charge in [-0.3, -0.25) is 4.79 Å². The Morgan fingerprint density at radius 1 is 0.884 bits per heavy atom. The van der Waals surface area contributed by atoms with E-state index in [1.165, 1.54) is 32.4 Å². The highest BCUT2D eigenvalue weighted by atomic mass is 19.4. The third-order valence-corrected chi connectivity index (χ3v) is 7.74. The van der Waals surface area contributed by atoms with Crippen LogP contribution in [0.3, 0.4) is 0 Å². The normalized spacial score (nSPS) is 15.1. The Bertz CT molecular complexity index is 1300. The first-order valence-corrected chi connectivity index (χ1v) is 14.9. The maximum atomic E-state index is 12.8. The van der Waals surface area contributed by atoms with Crippen molar-refractivity contribution in [3.05, 3.63) is 96.1 Å². The minimum Gasteiger partial charge on any atom is -0.493 e. The molecule has 1 saturated heterocycles. The molecule has 3 aromatic carbocycles. The minimum atomic E-state index is -4.00. The summed E-state index contributed by atoms with van der Waals surface area (Å²) in [5.41, 5.74) is 16.9. The van der Waals surface area contributed by atoms with Gasteiger partial charge in [0.05, 0.1) is 12.0 Å². The van der Waals surface area contributed by atoms with Crippen molar-refractivity contribution < 1.29 is 22.7 Å². The molecule has 1 aliphatic heterocycles. The van der Waals surface area contributed by atoms with Crippen molar-refractivity contribution in [3.8, 4) is 16.9 Å². The van der Waals surface area contributed by atoms with Crippen LogP contribution in [0.1, 0.15) is 69.1 Å². The summed E-state index contributed by atoms with van der Waals surface area (Å²) in [5, 5.41) is 0. The monoisotopic (exact) mass is 595 g/mol. The zero-order valence-corrected chi connectivity index (χ0v) is 25.3. The van der Waals surface area contributed by atoms with Crippen LogP contribution in [0.25, 0.3) is 16.8 Å². The SMILES string of the molecule is C=C(N)c1ccccc1OCC.CC(F)(F)F.NC(=O)C1(CCCCN2CCCCC2)c2ccccc2-c2ccccc21. The predicted octanol–water partition coefficient (Wildman–Crippen LogP) is 7.68. The fraction of sp³-hybridized carbons (Fsp3) is 0.400. The van der Waals surface area contributed by atoms with E-state index in [4.69, 9.17) is 16.2 Å². The van der Waals surface area contributed by atoms with Crippen molar-refractivity contribution in [1.29, 1.82) is 0 Å². The molecule has 1 amide bonds. The number of amides is 1. The zero-order valence-electron chi connectivity index (χ0n) is 25.3. The minimum absolute atomic E-state index is 0.188. The van der Waals surface area contributed by atoms with E-state index in [0.29, 0.717) is 12.3 Å². The predicted molar refractivity (Wildman–Crippen MR) is 169 cm³/mol. The Kier molecular flexibility index (Phi) is 12.2. The van der Waals surface area contributed by atoms with E-state index in [1.807, 2.05) is 55.5 Å². The van der Waals surface area contributed by atoms with Gasteiger partial charge in [0.2, 0.25) is 5.91 Å². The third kappa shape index (κ3) is 9.10. The molecule has 0 spiro atoms. The second-order valence-electron chi connectivity index (χ2n) is 11.0. The molecule has 3 aromatic rings. The summed E-state index contributed by atoms with van der Waals surface area (Å²) < 4.78 is 36.4. The summed E-state index contributed by atoms with van der Waals surface area (Å²) in [6.45, 7) is 10.0. The number of ether oxygens (including phenoxy) is 1. The van der Waals surface area contributed by atoms with Crippen LogP contribution in [0.4, 0.5) is 13.2 Å². The molecule has 0 bridgehead atoms. The Labute approximate surface area is 253 Å². The number of nitrogens with zero attached hydrogens (tertiary/aromatic N) is 1. The molecule has 5 nitrogen and oxygen atoms in total. The van der Waals surface area contributed by atoms with Crippen LogP contribution in [0.5, 0.6) is 5.75 Å². The maximum absolute atomic E-state index is 12.8. The quantitative estimate of drug-likeness (QED) is 0.249. The lowest BCUT2D eigenvalue weighted by Crippen LogP contribution is -2.41. The molecule has 8 heteroatoms. The largest absolute Gasteiger partial charge is 0.493 e. The van der Waals surface area contributed by atoms with Gasteiger partial charge in [0.25, 0.3) is 0 Å². The molecule has 1 fully saturated rings. The Balaban J connectivity index is 0.000000247. The van der Waals surface area contributed by atoms with E-state index in [-0.39, 0.29) is 12.8 Å². The number of carbonyl (C=O) groups excluding carboxylic acids is 1. The topological polar surface area (TPSA) is 81.6 Å². The molecule has 0 radical (unpaired) electrons. The van der Waals surface area contributed by atoms with Crippen LogP contribution < -0.4 is 16.2 Å². The van der Waals surface area contributed by atoms with Crippen molar-refractivity contribution in [2.45, 2.75) is 64.0 Å². The molecular formula is C35H44F3N3O2. The summed E-state index contributed by atoms with van der Waals surface area (Å²) in [7, 11) is 0. The van der Waals surface area contributed by atoms with E-state index >= 15 is 0 Å². The average Bonchev–Trinajstić information content (AvgIpc) is 3.27. The van der Waals surface area contributed by atoms with Gasteiger partial charge in [-0.25, -0.2) is 0 Å². The highest BCUT2D eigenvalue weighted by molar-refractivity contribution is 5.99. The molecule has 43 heavy (non-hydrogen) atoms. The van der Waals surface area contributed by atoms with Crippen LogP contribution >= 0.6 is 0 Å². The lowest BCUT2D eigenvalue weighted by molar-refractivity contribution is -0.122. The number of fused-ring (bicyclic) bond motifs is 3. The van der Waals surface area contributed by atoms with Gasteiger partial charge < -0.3 is 21.1 Å². The van der Waals surface area contributed by atoms with Crippen molar-refractivity contribution in [3.63, 3.8) is 0 Å². The first-order chi connectivity index (χ1) is 20.5. The summed E-state index contributed by atoms with van der Waals surface area (Å²) >= 11 is 0. The number of alkyl halides is 3. The standard InChI is InChI=1S/C23H28N2O.C10H13NO.C2H3F3/c24-22(26)23(14-6-9-17-25-15-7-1-8-16-25)20-12-4-2-10-18(20)19-11-3-5-13-21(19)23;1-3-12-10-7-5-4-6-9(10)8(2)11;1-2(3,4)5/h2-5,10-13H,1,6-9,14-17H2,(H2,24,26);4-7H,2-3,11H2,1H3;1H3. The summed E-state index contributed by atoms with van der Waals surface area (Å²) in [6.07, 6.45) is 2.96. The van der Waals surface area contributed by atoms with Gasteiger partial charge in [0.1, 0.15) is 5.75 Å². The first-order valence-electron chi connectivity index (χ1n) is 14.9. The van der Waals surface area contributed by atoms with E-state index in [0.717, 1.165) is 59.4 Å². The molecule has 2 aliphatic rings. The van der Waals surface area contributed by atoms with Gasteiger partial charge in [-0.05, 0) is 86.6 Å². The maximum Gasteiger partial charge on any atom is 0.386 e. The van der Waals surface area contributed by atoms with Gasteiger partial charge >= 0.3 is 6.18 Å². The Morgan fingerprint density at radius 3 is 1.91 bits per heavy atom. The number of halogens is 3. The van der Waals surface area contributed by atoms with Crippen molar-refractivity contribution in [1.82, 2.24) is 4.90 Å². The Morgan fingerprint density at radius 2 is 1.40 bits per heavy atom. The number of likely N-dealkylation sites (tertiary alicyclic amines) is 1. The summed E-state index contributed by atoms with van der Waals surface area (Å²) in [4.78, 5) is 15.3. The van der Waals surface area contributed by atoms with Crippen molar-refractivity contribution >= 4 is 11.6 Å². The van der Waals surface area contributed by atoms with E-state index < -0.39 is 11.6 Å². The fourth-order valence-electron chi connectivity index (χ4n) is 5.91. The fourth-order valence-corrected chi connectivity index (χ4v) is 5.91. The lowest BCUT2D eigenvalue weighted by atomic mass is 9.73. The van der Waals surface area contributed by atoms with Crippen LogP contribution in [-0.2, 0) is 10.2 Å². The molecule has 0 atom stereocenters. The highest BCUT2D eigenvalue weighted by Gasteiger charge is 2.47. The number of hydrogen-bond acceptors (Lipinski definition) is 4. The smallest absolute Gasteiger partial charge is 0.386 e. The number of piperidine rings is 1. The zero-order chi connectivity index (χ0) is 31.5. The first kappa shape index (κ1) is 33.7. The van der Waals surface area contributed by atoms with Crippen molar-refractivity contribution in [2.24, 2.45) is 11.5 Å². The number of carbonyl (C=O) groups is 1. The number of unbranched alkanes of at least 4 members (excludes halogenated alkanes) is 1.